The molecule has 0 aliphatic carbocycles. The number of benzene rings is 3. The Morgan fingerprint density at radius 3 is 2.49 bits per heavy atom. The van der Waals surface area contributed by atoms with E-state index < -0.39 is 6.09 Å². The largest absolute Gasteiger partial charge is 0.497 e. The number of hydrogen-bond donors (Lipinski definition) is 2. The third-order valence-electron chi connectivity index (χ3n) is 7.68. The lowest BCUT2D eigenvalue weighted by Gasteiger charge is -2.31. The number of anilines is 1. The van der Waals surface area contributed by atoms with Gasteiger partial charge in [-0.2, -0.15) is 5.10 Å². The van der Waals surface area contributed by atoms with Gasteiger partial charge in [-0.1, -0.05) is 18.2 Å². The predicted octanol–water partition coefficient (Wildman–Crippen LogP) is 6.83. The molecule has 0 radical (unpaired) electrons. The SMILES string of the molecule is COc1ccc(CNc2nccc3c2c(-c2ccc(Oc4ccccc4)cc2)nn3[C@@H]2CCCN(C(=O)O)C2)c(OC)c1. The highest BCUT2D eigenvalue weighted by molar-refractivity contribution is 6.01. The summed E-state index contributed by atoms with van der Waals surface area (Å²) in [5.41, 5.74) is 3.48. The molecule has 1 aliphatic heterocycles. The van der Waals surface area contributed by atoms with Gasteiger partial charge < -0.3 is 29.5 Å². The van der Waals surface area contributed by atoms with E-state index in [-0.39, 0.29) is 6.04 Å². The first-order valence-corrected chi connectivity index (χ1v) is 14.2. The average Bonchev–Trinajstić information content (AvgIpc) is 3.45. The second-order valence-corrected chi connectivity index (χ2v) is 10.3. The van der Waals surface area contributed by atoms with E-state index in [9.17, 15) is 9.90 Å². The molecule has 1 saturated heterocycles. The Labute approximate surface area is 249 Å². The highest BCUT2D eigenvalue weighted by Crippen LogP contribution is 2.37. The Hall–Kier alpha value is -5.25. The van der Waals surface area contributed by atoms with Crippen LogP contribution in [0.25, 0.3) is 22.2 Å². The molecule has 1 fully saturated rings. The van der Waals surface area contributed by atoms with Crippen LogP contribution >= 0.6 is 0 Å². The summed E-state index contributed by atoms with van der Waals surface area (Å²) in [6.07, 6.45) is 2.45. The van der Waals surface area contributed by atoms with Crippen LogP contribution in [0.1, 0.15) is 24.4 Å². The molecule has 0 saturated carbocycles. The molecule has 2 aromatic heterocycles. The monoisotopic (exact) mass is 579 g/mol. The summed E-state index contributed by atoms with van der Waals surface area (Å²) in [5.74, 6) is 3.57. The molecule has 1 atom stereocenters. The number of carboxylic acid groups (broad SMARTS) is 1. The van der Waals surface area contributed by atoms with Crippen LogP contribution in [-0.4, -0.2) is 58.2 Å². The lowest BCUT2D eigenvalue weighted by molar-refractivity contribution is 0.120. The normalized spacial score (nSPS) is 14.8. The van der Waals surface area contributed by atoms with Crippen LogP contribution in [0.2, 0.25) is 0 Å². The molecule has 0 bridgehead atoms. The number of pyridine rings is 1. The molecule has 3 heterocycles. The van der Waals surface area contributed by atoms with Crippen LogP contribution in [0.4, 0.5) is 10.6 Å². The van der Waals surface area contributed by atoms with Crippen LogP contribution in [0.15, 0.2) is 85.1 Å². The van der Waals surface area contributed by atoms with Crippen molar-refractivity contribution in [2.45, 2.75) is 25.4 Å². The number of ether oxygens (including phenoxy) is 3. The third kappa shape index (κ3) is 5.90. The van der Waals surface area contributed by atoms with E-state index in [0.717, 1.165) is 46.3 Å². The van der Waals surface area contributed by atoms with Crippen molar-refractivity contribution < 1.29 is 24.1 Å². The summed E-state index contributed by atoms with van der Waals surface area (Å²) in [5, 5.41) is 19.1. The Bertz CT molecular complexity index is 1720. The summed E-state index contributed by atoms with van der Waals surface area (Å²) < 4.78 is 18.9. The number of piperidine rings is 1. The molecule has 10 heteroatoms. The highest BCUT2D eigenvalue weighted by atomic mass is 16.5. The fraction of sp³-hybridized carbons (Fsp3) is 0.242. The van der Waals surface area contributed by atoms with Crippen molar-refractivity contribution in [1.82, 2.24) is 19.7 Å². The van der Waals surface area contributed by atoms with Crippen LogP contribution < -0.4 is 19.5 Å². The Morgan fingerprint density at radius 2 is 1.74 bits per heavy atom. The second kappa shape index (κ2) is 12.3. The lowest BCUT2D eigenvalue weighted by Crippen LogP contribution is -2.40. The number of likely N-dealkylation sites (tertiary alicyclic amines) is 1. The van der Waals surface area contributed by atoms with Crippen molar-refractivity contribution in [3.05, 3.63) is 90.6 Å². The van der Waals surface area contributed by atoms with Crippen LogP contribution in [0, 0.1) is 0 Å². The van der Waals surface area contributed by atoms with Crippen molar-refractivity contribution in [1.29, 1.82) is 0 Å². The first-order valence-electron chi connectivity index (χ1n) is 14.2. The molecule has 0 unspecified atom stereocenters. The van der Waals surface area contributed by atoms with E-state index in [1.807, 2.05) is 83.5 Å². The molecule has 2 N–H and O–H groups in total. The van der Waals surface area contributed by atoms with Gasteiger partial charge in [0.25, 0.3) is 0 Å². The van der Waals surface area contributed by atoms with E-state index in [0.29, 0.717) is 42.7 Å². The first-order chi connectivity index (χ1) is 21.0. The van der Waals surface area contributed by atoms with E-state index in [1.165, 1.54) is 4.90 Å². The summed E-state index contributed by atoms with van der Waals surface area (Å²) in [7, 11) is 3.26. The fourth-order valence-corrected chi connectivity index (χ4v) is 5.51. The minimum Gasteiger partial charge on any atom is -0.497 e. The van der Waals surface area contributed by atoms with Gasteiger partial charge in [0, 0.05) is 43.0 Å². The predicted molar refractivity (Wildman–Crippen MR) is 164 cm³/mol. The number of methoxy groups -OCH3 is 2. The zero-order valence-electron chi connectivity index (χ0n) is 24.1. The molecular formula is C33H33N5O5. The highest BCUT2D eigenvalue weighted by Gasteiger charge is 2.28. The zero-order valence-corrected chi connectivity index (χ0v) is 24.1. The Balaban J connectivity index is 1.38. The lowest BCUT2D eigenvalue weighted by atomic mass is 10.1. The van der Waals surface area contributed by atoms with E-state index >= 15 is 0 Å². The third-order valence-corrected chi connectivity index (χ3v) is 7.68. The maximum Gasteiger partial charge on any atom is 0.407 e. The Morgan fingerprint density at radius 1 is 0.977 bits per heavy atom. The maximum absolute atomic E-state index is 11.8. The average molecular weight is 580 g/mol. The molecule has 1 amide bonds. The number of nitrogens with one attached hydrogen (secondary N) is 1. The summed E-state index contributed by atoms with van der Waals surface area (Å²) in [4.78, 5) is 18.0. The number of carbonyl (C=O) groups is 1. The zero-order chi connectivity index (χ0) is 29.8. The molecule has 5 aromatic rings. The number of para-hydroxylation sites is 1. The van der Waals surface area contributed by atoms with E-state index in [2.05, 4.69) is 5.32 Å². The number of aromatic nitrogens is 3. The quantitative estimate of drug-likeness (QED) is 0.195. The van der Waals surface area contributed by atoms with Gasteiger partial charge in [-0.3, -0.25) is 4.68 Å². The molecule has 220 valence electrons. The molecule has 1 aliphatic rings. The number of hydrogen-bond acceptors (Lipinski definition) is 7. The van der Waals surface area contributed by atoms with Crippen LogP contribution in [0.3, 0.4) is 0 Å². The van der Waals surface area contributed by atoms with Gasteiger partial charge in [0.15, 0.2) is 0 Å². The van der Waals surface area contributed by atoms with Gasteiger partial charge in [0.05, 0.1) is 31.2 Å². The maximum atomic E-state index is 11.8. The van der Waals surface area contributed by atoms with Crippen molar-refractivity contribution in [3.8, 4) is 34.3 Å². The van der Waals surface area contributed by atoms with Crippen LogP contribution in [0.5, 0.6) is 23.0 Å². The minimum atomic E-state index is -0.909. The topological polar surface area (TPSA) is 111 Å². The molecular weight excluding hydrogens is 546 g/mol. The number of fused-ring (bicyclic) bond motifs is 1. The van der Waals surface area contributed by atoms with Gasteiger partial charge in [-0.15, -0.1) is 0 Å². The minimum absolute atomic E-state index is 0.0984. The molecule has 43 heavy (non-hydrogen) atoms. The van der Waals surface area contributed by atoms with Gasteiger partial charge in [0.2, 0.25) is 0 Å². The molecule has 10 nitrogen and oxygen atoms in total. The fourth-order valence-electron chi connectivity index (χ4n) is 5.51. The van der Waals surface area contributed by atoms with E-state index in [4.69, 9.17) is 24.3 Å². The van der Waals surface area contributed by atoms with Crippen molar-refractivity contribution >= 4 is 22.8 Å². The van der Waals surface area contributed by atoms with Crippen LogP contribution in [-0.2, 0) is 6.54 Å². The molecule has 0 spiro atoms. The number of amides is 1. The van der Waals surface area contributed by atoms with Gasteiger partial charge in [-0.25, -0.2) is 9.78 Å². The summed E-state index contributed by atoms with van der Waals surface area (Å²) >= 11 is 0. The smallest absolute Gasteiger partial charge is 0.407 e. The van der Waals surface area contributed by atoms with Crippen molar-refractivity contribution in [2.24, 2.45) is 0 Å². The van der Waals surface area contributed by atoms with Gasteiger partial charge >= 0.3 is 6.09 Å². The Kier molecular flexibility index (Phi) is 7.99. The molecule has 6 rings (SSSR count). The standard InChI is InChI=1S/C33H33N5O5/c1-41-27-15-12-23(29(19-27)42-2)20-35-32-30-28(16-17-34-32)38(24-7-6-18-37(21-24)33(39)40)36-31(30)22-10-13-26(14-11-22)43-25-8-4-3-5-9-25/h3-5,8-17,19,24H,6-7,18,20-21H2,1-2H3,(H,34,35)(H,39,40)/t24-/m1/s1. The van der Waals surface area contributed by atoms with Gasteiger partial charge in [0.1, 0.15) is 34.5 Å². The second-order valence-electron chi connectivity index (χ2n) is 10.3. The number of nitrogens with zero attached hydrogens (tertiary/aromatic N) is 4. The van der Waals surface area contributed by atoms with Crippen molar-refractivity contribution in [2.75, 3.05) is 32.6 Å². The first kappa shape index (κ1) is 27.9. The van der Waals surface area contributed by atoms with Gasteiger partial charge in [-0.05, 0) is 67.4 Å². The van der Waals surface area contributed by atoms with Crippen molar-refractivity contribution in [3.63, 3.8) is 0 Å². The number of rotatable bonds is 9. The summed E-state index contributed by atoms with van der Waals surface area (Å²) in [6.45, 7) is 1.37. The van der Waals surface area contributed by atoms with E-state index in [1.54, 1.807) is 20.4 Å². The summed E-state index contributed by atoms with van der Waals surface area (Å²) in [6, 6.07) is 25.0. The molecule has 3 aromatic carbocycles.